The van der Waals surface area contributed by atoms with Gasteiger partial charge in [0.2, 0.25) is 0 Å². The topological polar surface area (TPSA) is 76.5 Å². The molecular weight excluding hydrogens is 464 g/mol. The Morgan fingerprint density at radius 1 is 0.865 bits per heavy atom. The molecule has 5 rings (SSSR count). The zero-order valence-corrected chi connectivity index (χ0v) is 21.3. The van der Waals surface area contributed by atoms with Crippen LogP contribution in [0.4, 0.5) is 0 Å². The second kappa shape index (κ2) is 11.1. The molecule has 1 aliphatic rings. The number of hydrogen-bond donors (Lipinski definition) is 1. The number of morpholine rings is 1. The highest BCUT2D eigenvalue weighted by Crippen LogP contribution is 2.18. The maximum absolute atomic E-state index is 13.4. The number of carbonyl (C=O) groups excluding carboxylic acids is 1. The number of nitrogens with zero attached hydrogens (tertiary/aromatic N) is 3. The third-order valence-electron chi connectivity index (χ3n) is 6.70. The number of nitrogens with one attached hydrogen (secondary N) is 1. The van der Waals surface area contributed by atoms with Gasteiger partial charge in [0, 0.05) is 31.6 Å². The summed E-state index contributed by atoms with van der Waals surface area (Å²) < 4.78 is 7.25. The Balaban J connectivity index is 1.38. The summed E-state index contributed by atoms with van der Waals surface area (Å²) >= 11 is 0. The van der Waals surface area contributed by atoms with Crippen LogP contribution in [-0.4, -0.2) is 45.9 Å². The number of amides is 1. The van der Waals surface area contributed by atoms with Crippen LogP contribution in [-0.2, 0) is 24.4 Å². The first-order chi connectivity index (χ1) is 18.0. The first-order valence-electron chi connectivity index (χ1n) is 12.7. The van der Waals surface area contributed by atoms with Gasteiger partial charge in [-0.25, -0.2) is 4.68 Å². The average molecular weight is 497 g/mol. The van der Waals surface area contributed by atoms with Crippen molar-refractivity contribution < 1.29 is 9.53 Å². The molecule has 7 heteroatoms. The van der Waals surface area contributed by atoms with Crippen molar-refractivity contribution in [1.82, 2.24) is 20.0 Å². The molecule has 2 atom stereocenters. The number of aromatic nitrogens is 2. The summed E-state index contributed by atoms with van der Waals surface area (Å²) in [6.07, 6.45) is 0.392. The summed E-state index contributed by atoms with van der Waals surface area (Å²) in [4.78, 5) is 28.9. The summed E-state index contributed by atoms with van der Waals surface area (Å²) in [5.74, 6) is -0.304. The van der Waals surface area contributed by atoms with E-state index in [2.05, 4.69) is 35.2 Å². The lowest BCUT2D eigenvalue weighted by molar-refractivity contribution is -0.0705. The zero-order valence-electron chi connectivity index (χ0n) is 21.3. The Morgan fingerprint density at radius 3 is 2.22 bits per heavy atom. The van der Waals surface area contributed by atoms with Crippen LogP contribution in [0, 0.1) is 0 Å². The molecule has 1 N–H and O–H groups in total. The molecule has 2 unspecified atom stereocenters. The number of rotatable bonds is 7. The second-order valence-electron chi connectivity index (χ2n) is 9.75. The molecule has 0 saturated carbocycles. The van der Waals surface area contributed by atoms with Crippen LogP contribution in [0.5, 0.6) is 0 Å². The molecule has 1 aliphatic heterocycles. The van der Waals surface area contributed by atoms with Gasteiger partial charge in [-0.2, -0.15) is 5.10 Å². The van der Waals surface area contributed by atoms with Crippen LogP contribution in [0.2, 0.25) is 0 Å². The van der Waals surface area contributed by atoms with E-state index in [1.54, 1.807) is 12.1 Å². The molecule has 0 radical (unpaired) electrons. The number of hydrogen-bond acceptors (Lipinski definition) is 5. The van der Waals surface area contributed by atoms with Gasteiger partial charge in [0.1, 0.15) is 0 Å². The predicted molar refractivity (Wildman–Crippen MR) is 144 cm³/mol. The summed E-state index contributed by atoms with van der Waals surface area (Å²) in [6.45, 7) is 7.43. The second-order valence-corrected chi connectivity index (χ2v) is 9.75. The molecule has 2 heterocycles. The van der Waals surface area contributed by atoms with Gasteiger partial charge in [-0.1, -0.05) is 72.8 Å². The first-order valence-corrected chi connectivity index (χ1v) is 12.7. The van der Waals surface area contributed by atoms with E-state index in [0.717, 1.165) is 30.8 Å². The lowest BCUT2D eigenvalue weighted by Crippen LogP contribution is -2.45. The fourth-order valence-electron chi connectivity index (χ4n) is 5.06. The van der Waals surface area contributed by atoms with Gasteiger partial charge in [-0.05, 0) is 36.6 Å². The van der Waals surface area contributed by atoms with Crippen LogP contribution in [0.3, 0.4) is 0 Å². The van der Waals surface area contributed by atoms with Crippen LogP contribution >= 0.6 is 0 Å². The SMILES string of the molecule is CC1CN(Cc2ccccc2CNC(=O)c2nn(Cc3ccccc3)c(=O)c3ccccc23)CC(C)O1. The summed E-state index contributed by atoms with van der Waals surface area (Å²) in [5.41, 5.74) is 3.22. The Bertz CT molecular complexity index is 1440. The van der Waals surface area contributed by atoms with Crippen LogP contribution in [0.15, 0.2) is 83.7 Å². The van der Waals surface area contributed by atoms with E-state index < -0.39 is 0 Å². The highest BCUT2D eigenvalue weighted by Gasteiger charge is 2.23. The molecule has 7 nitrogen and oxygen atoms in total. The maximum atomic E-state index is 13.4. The molecule has 0 aliphatic carbocycles. The number of benzene rings is 3. The van der Waals surface area contributed by atoms with Gasteiger partial charge >= 0.3 is 0 Å². The van der Waals surface area contributed by atoms with E-state index in [0.29, 0.717) is 23.9 Å². The highest BCUT2D eigenvalue weighted by atomic mass is 16.5. The predicted octanol–water partition coefficient (Wildman–Crippen LogP) is 3.98. The molecule has 1 saturated heterocycles. The normalized spacial score (nSPS) is 18.1. The Morgan fingerprint density at radius 2 is 1.49 bits per heavy atom. The number of ether oxygens (including phenoxy) is 1. The van der Waals surface area contributed by atoms with Gasteiger partial charge in [0.25, 0.3) is 11.5 Å². The van der Waals surface area contributed by atoms with Gasteiger partial charge in [0.05, 0.1) is 24.1 Å². The lowest BCUT2D eigenvalue weighted by atomic mass is 10.1. The molecule has 190 valence electrons. The van der Waals surface area contributed by atoms with Gasteiger partial charge < -0.3 is 10.1 Å². The summed E-state index contributed by atoms with van der Waals surface area (Å²) in [6, 6.07) is 25.0. The van der Waals surface area contributed by atoms with E-state index in [-0.39, 0.29) is 29.4 Å². The largest absolute Gasteiger partial charge is 0.373 e. The van der Waals surface area contributed by atoms with Crippen LogP contribution in [0.1, 0.15) is 41.0 Å². The number of fused-ring (bicyclic) bond motifs is 1. The van der Waals surface area contributed by atoms with Crippen molar-refractivity contribution in [2.24, 2.45) is 0 Å². The average Bonchev–Trinajstić information content (AvgIpc) is 2.90. The molecule has 37 heavy (non-hydrogen) atoms. The highest BCUT2D eigenvalue weighted by molar-refractivity contribution is 6.04. The Kier molecular flexibility index (Phi) is 7.44. The third kappa shape index (κ3) is 5.79. The van der Waals surface area contributed by atoms with E-state index in [9.17, 15) is 9.59 Å². The van der Waals surface area contributed by atoms with Crippen molar-refractivity contribution in [2.45, 2.75) is 45.7 Å². The molecule has 1 amide bonds. The van der Waals surface area contributed by atoms with E-state index in [4.69, 9.17) is 4.74 Å². The third-order valence-corrected chi connectivity index (χ3v) is 6.70. The lowest BCUT2D eigenvalue weighted by Gasteiger charge is -2.35. The molecular formula is C30H32N4O3. The van der Waals surface area contributed by atoms with Gasteiger partial charge in [-0.3, -0.25) is 14.5 Å². The molecule has 4 aromatic rings. The van der Waals surface area contributed by atoms with Gasteiger partial charge in [-0.15, -0.1) is 0 Å². The minimum absolute atomic E-state index is 0.196. The van der Waals surface area contributed by atoms with Crippen molar-refractivity contribution in [3.05, 3.63) is 112 Å². The van der Waals surface area contributed by atoms with E-state index in [1.807, 2.05) is 60.7 Å². The Hall–Kier alpha value is -3.81. The fraction of sp³-hybridized carbons (Fsp3) is 0.300. The van der Waals surface area contributed by atoms with E-state index >= 15 is 0 Å². The van der Waals surface area contributed by atoms with Crippen LogP contribution < -0.4 is 10.9 Å². The minimum Gasteiger partial charge on any atom is -0.373 e. The van der Waals surface area contributed by atoms with Crippen LogP contribution in [0.25, 0.3) is 10.8 Å². The minimum atomic E-state index is -0.304. The monoisotopic (exact) mass is 496 g/mol. The van der Waals surface area contributed by atoms with Crippen molar-refractivity contribution >= 4 is 16.7 Å². The Labute approximate surface area is 216 Å². The molecule has 1 fully saturated rings. The zero-order chi connectivity index (χ0) is 25.8. The standard InChI is InChI=1S/C30H32N4O3/c1-21-17-33(18-22(2)37-21)20-25-13-7-6-12-24(25)16-31-29(35)28-26-14-8-9-15-27(26)30(36)34(32-28)19-23-10-4-3-5-11-23/h3-15,21-22H,16-20H2,1-2H3,(H,31,35). The molecule has 0 spiro atoms. The molecule has 1 aromatic heterocycles. The van der Waals surface area contributed by atoms with Crippen molar-refractivity contribution in [2.75, 3.05) is 13.1 Å². The molecule has 3 aromatic carbocycles. The van der Waals surface area contributed by atoms with Gasteiger partial charge in [0.15, 0.2) is 5.69 Å². The van der Waals surface area contributed by atoms with Crippen molar-refractivity contribution in [3.8, 4) is 0 Å². The fourth-order valence-corrected chi connectivity index (χ4v) is 5.06. The summed E-state index contributed by atoms with van der Waals surface area (Å²) in [7, 11) is 0. The smallest absolute Gasteiger partial charge is 0.274 e. The number of carbonyl (C=O) groups is 1. The maximum Gasteiger partial charge on any atom is 0.274 e. The van der Waals surface area contributed by atoms with E-state index in [1.165, 1.54) is 10.2 Å². The summed E-state index contributed by atoms with van der Waals surface area (Å²) in [5, 5.41) is 8.60. The quantitative estimate of drug-likeness (QED) is 0.419. The molecule has 0 bridgehead atoms. The van der Waals surface area contributed by atoms with Crippen molar-refractivity contribution in [1.29, 1.82) is 0 Å². The first kappa shape index (κ1) is 24.9. The van der Waals surface area contributed by atoms with Crippen molar-refractivity contribution in [3.63, 3.8) is 0 Å².